The van der Waals surface area contributed by atoms with Crippen LogP contribution in [-0.2, 0) is 14.3 Å². The summed E-state index contributed by atoms with van der Waals surface area (Å²) in [6.45, 7) is 6.11. The number of rotatable bonds is 3. The second-order valence-electron chi connectivity index (χ2n) is 5.14. The van der Waals surface area contributed by atoms with Crippen molar-refractivity contribution in [1.29, 1.82) is 0 Å². The van der Waals surface area contributed by atoms with Crippen molar-refractivity contribution >= 4 is 17.6 Å². The molecule has 4 heteroatoms. The van der Waals surface area contributed by atoms with Gasteiger partial charge in [-0.2, -0.15) is 0 Å². The van der Waals surface area contributed by atoms with Crippen molar-refractivity contribution in [3.63, 3.8) is 0 Å². The first-order valence-electron chi connectivity index (χ1n) is 7.11. The lowest BCUT2D eigenvalue weighted by Crippen LogP contribution is -2.49. The number of aryl methyl sites for hydroxylation is 1. The number of anilines is 1. The van der Waals surface area contributed by atoms with Crippen molar-refractivity contribution in [3.05, 3.63) is 29.3 Å². The van der Waals surface area contributed by atoms with Crippen LogP contribution in [0.3, 0.4) is 0 Å². The van der Waals surface area contributed by atoms with E-state index in [1.165, 1.54) is 0 Å². The molecule has 1 fully saturated rings. The largest absolute Gasteiger partial charge is 0.464 e. The van der Waals surface area contributed by atoms with Gasteiger partial charge in [0.1, 0.15) is 6.04 Å². The van der Waals surface area contributed by atoms with Gasteiger partial charge < -0.3 is 4.74 Å². The Morgan fingerprint density at radius 1 is 1.40 bits per heavy atom. The maximum absolute atomic E-state index is 12.3. The summed E-state index contributed by atoms with van der Waals surface area (Å²) in [5.74, 6) is -0.301. The molecule has 1 aliphatic rings. The molecule has 1 unspecified atom stereocenters. The average molecular weight is 275 g/mol. The Bertz CT molecular complexity index is 524. The molecule has 1 atom stereocenters. The summed E-state index contributed by atoms with van der Waals surface area (Å²) in [6.07, 6.45) is 1.89. The van der Waals surface area contributed by atoms with Gasteiger partial charge in [0.2, 0.25) is 5.91 Å². The zero-order valence-corrected chi connectivity index (χ0v) is 12.3. The predicted molar refractivity (Wildman–Crippen MR) is 77.7 cm³/mol. The fraction of sp³-hybridized carbons (Fsp3) is 0.500. The number of hydrogen-bond acceptors (Lipinski definition) is 3. The van der Waals surface area contributed by atoms with E-state index in [4.69, 9.17) is 4.74 Å². The van der Waals surface area contributed by atoms with Crippen LogP contribution in [0, 0.1) is 13.8 Å². The van der Waals surface area contributed by atoms with Gasteiger partial charge in [-0.25, -0.2) is 4.79 Å². The van der Waals surface area contributed by atoms with Gasteiger partial charge in [-0.15, -0.1) is 0 Å². The van der Waals surface area contributed by atoms with Gasteiger partial charge in [0.15, 0.2) is 0 Å². The highest BCUT2D eigenvalue weighted by Crippen LogP contribution is 2.30. The molecule has 1 heterocycles. The fourth-order valence-corrected chi connectivity index (χ4v) is 2.63. The third-order valence-electron chi connectivity index (χ3n) is 3.84. The topological polar surface area (TPSA) is 46.6 Å². The van der Waals surface area contributed by atoms with Crippen molar-refractivity contribution in [2.75, 3.05) is 11.5 Å². The van der Waals surface area contributed by atoms with Crippen molar-refractivity contribution in [1.82, 2.24) is 0 Å². The van der Waals surface area contributed by atoms with E-state index in [1.54, 1.807) is 11.8 Å². The van der Waals surface area contributed by atoms with Crippen LogP contribution in [0.15, 0.2) is 18.2 Å². The number of ether oxygens (including phenoxy) is 1. The molecule has 1 aromatic rings. The van der Waals surface area contributed by atoms with E-state index >= 15 is 0 Å². The molecule has 1 aliphatic heterocycles. The minimum absolute atomic E-state index is 0.00278. The molecule has 0 N–H and O–H groups in total. The number of esters is 1. The molecular weight excluding hydrogens is 254 g/mol. The average Bonchev–Trinajstić information content (AvgIpc) is 2.42. The molecule has 4 nitrogen and oxygen atoms in total. The summed E-state index contributed by atoms with van der Waals surface area (Å²) < 4.78 is 5.12. The first-order chi connectivity index (χ1) is 9.56. The number of carbonyl (C=O) groups is 2. The van der Waals surface area contributed by atoms with E-state index in [0.29, 0.717) is 19.4 Å². The quantitative estimate of drug-likeness (QED) is 0.797. The summed E-state index contributed by atoms with van der Waals surface area (Å²) >= 11 is 0. The lowest BCUT2D eigenvalue weighted by Gasteiger charge is -2.35. The van der Waals surface area contributed by atoms with Crippen LogP contribution in [0.2, 0.25) is 0 Å². The molecule has 0 bridgehead atoms. The molecule has 1 amide bonds. The van der Waals surface area contributed by atoms with Crippen LogP contribution in [0.4, 0.5) is 5.69 Å². The third-order valence-corrected chi connectivity index (χ3v) is 3.84. The number of benzene rings is 1. The van der Waals surface area contributed by atoms with E-state index < -0.39 is 6.04 Å². The lowest BCUT2D eigenvalue weighted by atomic mass is 9.98. The molecule has 0 aromatic heterocycles. The minimum atomic E-state index is -0.489. The SMILES string of the molecule is CCOC(=O)C1CCCC(=O)N1c1cccc(C)c1C. The van der Waals surface area contributed by atoms with Crippen molar-refractivity contribution in [2.45, 2.75) is 46.1 Å². The van der Waals surface area contributed by atoms with Crippen LogP contribution < -0.4 is 4.90 Å². The van der Waals surface area contributed by atoms with Gasteiger partial charge in [-0.05, 0) is 50.8 Å². The predicted octanol–water partition coefficient (Wildman–Crippen LogP) is 2.75. The maximum atomic E-state index is 12.3. The van der Waals surface area contributed by atoms with Gasteiger partial charge in [-0.1, -0.05) is 12.1 Å². The minimum Gasteiger partial charge on any atom is -0.464 e. The zero-order chi connectivity index (χ0) is 14.7. The van der Waals surface area contributed by atoms with Crippen LogP contribution in [0.25, 0.3) is 0 Å². The zero-order valence-electron chi connectivity index (χ0n) is 12.3. The first-order valence-corrected chi connectivity index (χ1v) is 7.11. The van der Waals surface area contributed by atoms with Crippen molar-refractivity contribution in [3.8, 4) is 0 Å². The first kappa shape index (κ1) is 14.6. The second kappa shape index (κ2) is 6.07. The Morgan fingerprint density at radius 3 is 2.85 bits per heavy atom. The van der Waals surface area contributed by atoms with E-state index in [9.17, 15) is 9.59 Å². The number of hydrogen-bond donors (Lipinski definition) is 0. The monoisotopic (exact) mass is 275 g/mol. The summed E-state index contributed by atoms with van der Waals surface area (Å²) in [6, 6.07) is 5.34. The summed E-state index contributed by atoms with van der Waals surface area (Å²) in [5.41, 5.74) is 2.98. The molecule has 0 radical (unpaired) electrons. The van der Waals surface area contributed by atoms with Crippen LogP contribution in [-0.4, -0.2) is 24.5 Å². The fourth-order valence-electron chi connectivity index (χ4n) is 2.63. The Morgan fingerprint density at radius 2 is 2.15 bits per heavy atom. The number of piperidine rings is 1. The van der Waals surface area contributed by atoms with Gasteiger partial charge in [-0.3, -0.25) is 9.69 Å². The van der Waals surface area contributed by atoms with Crippen LogP contribution in [0.5, 0.6) is 0 Å². The molecule has 1 aromatic carbocycles. The van der Waals surface area contributed by atoms with E-state index in [-0.39, 0.29) is 11.9 Å². The summed E-state index contributed by atoms with van der Waals surface area (Å²) in [4.78, 5) is 26.0. The standard InChI is InChI=1S/C16H21NO3/c1-4-20-16(19)14-9-6-10-15(18)17(14)13-8-5-7-11(2)12(13)3/h5,7-8,14H,4,6,9-10H2,1-3H3. The Balaban J connectivity index is 2.39. The van der Waals surface area contributed by atoms with E-state index in [1.807, 2.05) is 32.0 Å². The molecule has 0 spiro atoms. The summed E-state index contributed by atoms with van der Waals surface area (Å²) in [5, 5.41) is 0. The molecule has 0 aliphatic carbocycles. The number of nitrogens with zero attached hydrogens (tertiary/aromatic N) is 1. The van der Waals surface area contributed by atoms with Gasteiger partial charge >= 0.3 is 5.97 Å². The van der Waals surface area contributed by atoms with E-state index in [2.05, 4.69) is 0 Å². The second-order valence-corrected chi connectivity index (χ2v) is 5.14. The number of carbonyl (C=O) groups excluding carboxylic acids is 2. The van der Waals surface area contributed by atoms with Crippen molar-refractivity contribution in [2.24, 2.45) is 0 Å². The Kier molecular flexibility index (Phi) is 4.42. The molecule has 0 saturated carbocycles. The number of amides is 1. The molecule has 2 rings (SSSR count). The third kappa shape index (κ3) is 2.69. The highest BCUT2D eigenvalue weighted by atomic mass is 16.5. The van der Waals surface area contributed by atoms with Gasteiger partial charge in [0.25, 0.3) is 0 Å². The van der Waals surface area contributed by atoms with Crippen LogP contribution in [0.1, 0.15) is 37.3 Å². The van der Waals surface area contributed by atoms with Gasteiger partial charge in [0, 0.05) is 12.1 Å². The Hall–Kier alpha value is -1.84. The molecule has 20 heavy (non-hydrogen) atoms. The van der Waals surface area contributed by atoms with Gasteiger partial charge in [0.05, 0.1) is 6.61 Å². The highest BCUT2D eigenvalue weighted by molar-refractivity contribution is 6.01. The maximum Gasteiger partial charge on any atom is 0.329 e. The van der Waals surface area contributed by atoms with Crippen molar-refractivity contribution < 1.29 is 14.3 Å². The van der Waals surface area contributed by atoms with E-state index in [0.717, 1.165) is 23.2 Å². The summed E-state index contributed by atoms with van der Waals surface area (Å²) in [7, 11) is 0. The highest BCUT2D eigenvalue weighted by Gasteiger charge is 2.35. The molecular formula is C16H21NO3. The lowest BCUT2D eigenvalue weighted by molar-refractivity contribution is -0.146. The normalized spacial score (nSPS) is 19.1. The molecule has 1 saturated heterocycles. The smallest absolute Gasteiger partial charge is 0.329 e. The van der Waals surface area contributed by atoms with Crippen LogP contribution >= 0.6 is 0 Å². The molecule has 108 valence electrons. The Labute approximate surface area is 119 Å².